The maximum Gasteiger partial charge on any atom is 0.171 e. The second-order valence-electron chi connectivity index (χ2n) is 5.00. The van der Waals surface area contributed by atoms with Gasteiger partial charge in [-0.05, 0) is 50.6 Å². The second-order valence-corrected chi connectivity index (χ2v) is 5.00. The van der Waals surface area contributed by atoms with E-state index in [1.807, 2.05) is 51.1 Å². The predicted molar refractivity (Wildman–Crippen MR) is 78.2 cm³/mol. The average molecular weight is 275 g/mol. The number of hydrogen-bond acceptors (Lipinski definition) is 4. The highest BCUT2D eigenvalue weighted by atomic mass is 16.5. The van der Waals surface area contributed by atoms with Crippen molar-refractivity contribution >= 4 is 0 Å². The van der Waals surface area contributed by atoms with E-state index in [2.05, 4.69) is 0 Å². The Labute approximate surface area is 119 Å². The number of nitrogens with two attached hydrogens (primary N) is 1. The minimum Gasteiger partial charge on any atom is -0.493 e. The molecule has 0 radical (unpaired) electrons. The minimum atomic E-state index is -0.347. The van der Waals surface area contributed by atoms with Crippen LogP contribution in [0.1, 0.15) is 30.1 Å². The fraction of sp³-hybridized carbons (Fsp3) is 0.375. The van der Waals surface area contributed by atoms with Crippen molar-refractivity contribution in [3.05, 3.63) is 47.4 Å². The molecule has 0 amide bonds. The maximum atomic E-state index is 6.02. The third-order valence-electron chi connectivity index (χ3n) is 3.09. The molecule has 1 aromatic carbocycles. The highest BCUT2D eigenvalue weighted by molar-refractivity contribution is 5.43. The van der Waals surface area contributed by atoms with Gasteiger partial charge in [-0.15, -0.1) is 0 Å². The van der Waals surface area contributed by atoms with Gasteiger partial charge in [0.05, 0.1) is 7.11 Å². The van der Waals surface area contributed by atoms with Gasteiger partial charge < -0.3 is 19.6 Å². The van der Waals surface area contributed by atoms with Crippen molar-refractivity contribution in [1.29, 1.82) is 0 Å². The van der Waals surface area contributed by atoms with Gasteiger partial charge >= 0.3 is 0 Å². The zero-order valence-corrected chi connectivity index (χ0v) is 12.3. The summed E-state index contributed by atoms with van der Waals surface area (Å²) in [4.78, 5) is 0. The van der Waals surface area contributed by atoms with E-state index in [0.29, 0.717) is 11.5 Å². The van der Waals surface area contributed by atoms with Crippen molar-refractivity contribution in [2.75, 3.05) is 7.11 Å². The average Bonchev–Trinajstić information content (AvgIpc) is 2.83. The molecule has 2 unspecified atom stereocenters. The van der Waals surface area contributed by atoms with Crippen LogP contribution in [0, 0.1) is 13.8 Å². The van der Waals surface area contributed by atoms with Gasteiger partial charge in [-0.2, -0.15) is 0 Å². The fourth-order valence-corrected chi connectivity index (χ4v) is 2.04. The van der Waals surface area contributed by atoms with Crippen LogP contribution >= 0.6 is 0 Å². The number of methoxy groups -OCH3 is 1. The zero-order valence-electron chi connectivity index (χ0n) is 12.3. The third-order valence-corrected chi connectivity index (χ3v) is 3.09. The Kier molecular flexibility index (Phi) is 4.35. The topological polar surface area (TPSA) is 57.6 Å². The highest BCUT2D eigenvalue weighted by Crippen LogP contribution is 2.33. The van der Waals surface area contributed by atoms with Crippen LogP contribution in [0.5, 0.6) is 11.5 Å². The molecule has 4 nitrogen and oxygen atoms in total. The van der Waals surface area contributed by atoms with Gasteiger partial charge in [-0.25, -0.2) is 0 Å². The van der Waals surface area contributed by atoms with E-state index in [0.717, 1.165) is 17.1 Å². The number of furan rings is 1. The minimum absolute atomic E-state index is 0.202. The van der Waals surface area contributed by atoms with Gasteiger partial charge in [0.1, 0.15) is 11.5 Å². The smallest absolute Gasteiger partial charge is 0.171 e. The normalized spacial score (nSPS) is 13.8. The molecular weight excluding hydrogens is 254 g/mol. The maximum absolute atomic E-state index is 6.02. The molecule has 0 aliphatic rings. The summed E-state index contributed by atoms with van der Waals surface area (Å²) in [6, 6.07) is 9.39. The van der Waals surface area contributed by atoms with Gasteiger partial charge in [0.2, 0.25) is 0 Å². The summed E-state index contributed by atoms with van der Waals surface area (Å²) in [5.41, 5.74) is 7.13. The Morgan fingerprint density at radius 3 is 2.40 bits per heavy atom. The third kappa shape index (κ3) is 3.14. The van der Waals surface area contributed by atoms with Gasteiger partial charge in [0.25, 0.3) is 0 Å². The van der Waals surface area contributed by atoms with E-state index >= 15 is 0 Å². The van der Waals surface area contributed by atoms with Crippen molar-refractivity contribution < 1.29 is 13.9 Å². The molecular formula is C16H21NO3. The predicted octanol–water partition coefficient (Wildman–Crippen LogP) is 3.37. The zero-order chi connectivity index (χ0) is 14.7. The van der Waals surface area contributed by atoms with E-state index in [4.69, 9.17) is 19.6 Å². The summed E-state index contributed by atoms with van der Waals surface area (Å²) < 4.78 is 17.0. The molecule has 0 saturated heterocycles. The molecule has 0 spiro atoms. The van der Waals surface area contributed by atoms with Crippen molar-refractivity contribution in [1.82, 2.24) is 0 Å². The molecule has 0 aliphatic carbocycles. The largest absolute Gasteiger partial charge is 0.493 e. The summed E-state index contributed by atoms with van der Waals surface area (Å²) in [6.45, 7) is 5.79. The first kappa shape index (κ1) is 14.5. The fourth-order valence-electron chi connectivity index (χ4n) is 2.04. The number of hydrogen-bond donors (Lipinski definition) is 1. The van der Waals surface area contributed by atoms with E-state index in [1.165, 1.54) is 0 Å². The quantitative estimate of drug-likeness (QED) is 0.909. The van der Waals surface area contributed by atoms with Crippen LogP contribution in [0.25, 0.3) is 0 Å². The second kappa shape index (κ2) is 6.01. The Balaban J connectivity index is 2.29. The molecule has 0 aliphatic heterocycles. The molecule has 2 N–H and O–H groups in total. The molecule has 0 saturated carbocycles. The first-order valence-corrected chi connectivity index (χ1v) is 6.64. The van der Waals surface area contributed by atoms with Crippen LogP contribution in [-0.2, 0) is 0 Å². The Morgan fingerprint density at radius 2 is 1.85 bits per heavy atom. The summed E-state index contributed by atoms with van der Waals surface area (Å²) in [6.07, 6.45) is -0.347. The summed E-state index contributed by atoms with van der Waals surface area (Å²) in [5, 5.41) is 0. The monoisotopic (exact) mass is 275 g/mol. The van der Waals surface area contributed by atoms with Crippen LogP contribution in [0.3, 0.4) is 0 Å². The first-order valence-electron chi connectivity index (χ1n) is 6.64. The number of benzene rings is 1. The van der Waals surface area contributed by atoms with Gasteiger partial charge in [-0.3, -0.25) is 0 Å². The Hall–Kier alpha value is -1.94. The van der Waals surface area contributed by atoms with Crippen molar-refractivity contribution in [2.45, 2.75) is 32.9 Å². The number of rotatable bonds is 5. The number of aryl methyl sites for hydroxylation is 2. The molecule has 0 fully saturated rings. The van der Waals surface area contributed by atoms with Crippen molar-refractivity contribution in [2.24, 2.45) is 5.73 Å². The summed E-state index contributed by atoms with van der Waals surface area (Å²) in [7, 11) is 1.62. The molecule has 2 aromatic rings. The molecule has 1 heterocycles. The van der Waals surface area contributed by atoms with Crippen LogP contribution in [-0.4, -0.2) is 13.2 Å². The van der Waals surface area contributed by atoms with Crippen LogP contribution in [0.15, 0.2) is 34.7 Å². The van der Waals surface area contributed by atoms with E-state index in [-0.39, 0.29) is 12.1 Å². The molecule has 2 rings (SSSR count). The van der Waals surface area contributed by atoms with Crippen LogP contribution in [0.4, 0.5) is 0 Å². The van der Waals surface area contributed by atoms with Crippen LogP contribution in [0.2, 0.25) is 0 Å². The molecule has 0 bridgehead atoms. The van der Waals surface area contributed by atoms with Gasteiger partial charge in [0, 0.05) is 6.04 Å². The summed E-state index contributed by atoms with van der Waals surface area (Å²) >= 11 is 0. The van der Waals surface area contributed by atoms with E-state index < -0.39 is 0 Å². The lowest BCUT2D eigenvalue weighted by molar-refractivity contribution is 0.146. The van der Waals surface area contributed by atoms with Gasteiger partial charge in [0.15, 0.2) is 17.6 Å². The lowest BCUT2D eigenvalue weighted by atomic mass is 10.1. The lowest BCUT2D eigenvalue weighted by Crippen LogP contribution is -2.28. The molecule has 2 atom stereocenters. The van der Waals surface area contributed by atoms with E-state index in [1.54, 1.807) is 7.11 Å². The Bertz CT molecular complexity index is 575. The van der Waals surface area contributed by atoms with Crippen molar-refractivity contribution in [3.8, 4) is 11.5 Å². The van der Waals surface area contributed by atoms with Crippen molar-refractivity contribution in [3.63, 3.8) is 0 Å². The first-order chi connectivity index (χ1) is 9.51. The molecule has 108 valence electrons. The standard InChI is InChI=1S/C16H21NO3/c1-10-5-7-13(15(9-10)18-4)20-16(12(3)17)14-8-6-11(2)19-14/h5-9,12,16H,17H2,1-4H3. The van der Waals surface area contributed by atoms with Crippen LogP contribution < -0.4 is 15.2 Å². The Morgan fingerprint density at radius 1 is 1.10 bits per heavy atom. The highest BCUT2D eigenvalue weighted by Gasteiger charge is 2.23. The lowest BCUT2D eigenvalue weighted by Gasteiger charge is -2.22. The molecule has 20 heavy (non-hydrogen) atoms. The molecule has 4 heteroatoms. The SMILES string of the molecule is COc1cc(C)ccc1OC(c1ccc(C)o1)C(C)N. The number of ether oxygens (including phenoxy) is 2. The molecule has 1 aromatic heterocycles. The summed E-state index contributed by atoms with van der Waals surface area (Å²) in [5.74, 6) is 2.92. The van der Waals surface area contributed by atoms with E-state index in [9.17, 15) is 0 Å². The van der Waals surface area contributed by atoms with Gasteiger partial charge in [-0.1, -0.05) is 6.07 Å².